The normalized spacial score (nSPS) is 14.8. The second-order valence-electron chi connectivity index (χ2n) is 10.1. The lowest BCUT2D eigenvalue weighted by Crippen LogP contribution is -2.24. The van der Waals surface area contributed by atoms with Gasteiger partial charge in [0.25, 0.3) is 0 Å². The molecule has 7 heteroatoms. The van der Waals surface area contributed by atoms with Crippen molar-refractivity contribution < 1.29 is 19.1 Å². The first-order chi connectivity index (χ1) is 16.7. The average Bonchev–Trinajstić information content (AvgIpc) is 3.45. The van der Waals surface area contributed by atoms with Crippen LogP contribution in [0.25, 0.3) is 0 Å². The van der Waals surface area contributed by atoms with Gasteiger partial charge in [0, 0.05) is 9.75 Å². The van der Waals surface area contributed by atoms with E-state index in [-0.39, 0.29) is 24.4 Å². The molecule has 190 valence electrons. The van der Waals surface area contributed by atoms with E-state index in [1.807, 2.05) is 0 Å². The standard InChI is InChI=1S/C28H38N2O4S/c1-18(2)15-21(28(33)34-22-5-3-4-6-22)13-11-19-7-9-20(10-8-19)12-14-23-16-24(27(30)32)25(35-23)17-26(29)31/h7-10,16,18,21-22H,3-6,11-15,17H2,1-2H3,(H2,29,31)(H2,30,32)/t21-/m0/s1. The number of esters is 1. The predicted molar refractivity (Wildman–Crippen MR) is 139 cm³/mol. The third kappa shape index (κ3) is 8.49. The molecule has 1 atom stereocenters. The summed E-state index contributed by atoms with van der Waals surface area (Å²) in [5.74, 6) is -0.628. The fraction of sp³-hybridized carbons (Fsp3) is 0.536. The largest absolute Gasteiger partial charge is 0.462 e. The molecule has 0 radical (unpaired) electrons. The third-order valence-electron chi connectivity index (χ3n) is 6.60. The van der Waals surface area contributed by atoms with Crippen LogP contribution in [0.5, 0.6) is 0 Å². The van der Waals surface area contributed by atoms with Crippen molar-refractivity contribution >= 4 is 29.1 Å². The molecule has 1 aliphatic rings. The molecular weight excluding hydrogens is 460 g/mol. The SMILES string of the molecule is CC(C)C[C@H](CCc1ccc(CCc2cc(C(N)=O)c(CC(N)=O)s2)cc1)C(=O)OC1CCCC1. The van der Waals surface area contributed by atoms with Gasteiger partial charge in [-0.25, -0.2) is 0 Å². The van der Waals surface area contributed by atoms with Crippen LogP contribution in [0.1, 0.15) is 83.6 Å². The Bertz CT molecular complexity index is 1010. The van der Waals surface area contributed by atoms with Crippen molar-refractivity contribution in [1.82, 2.24) is 0 Å². The van der Waals surface area contributed by atoms with Gasteiger partial charge in [0.15, 0.2) is 0 Å². The van der Waals surface area contributed by atoms with Crippen molar-refractivity contribution in [3.05, 3.63) is 56.8 Å². The number of benzene rings is 1. The van der Waals surface area contributed by atoms with Gasteiger partial charge in [-0.2, -0.15) is 0 Å². The third-order valence-corrected chi connectivity index (χ3v) is 7.79. The molecule has 1 saturated carbocycles. The minimum Gasteiger partial charge on any atom is -0.462 e. The molecule has 2 amide bonds. The van der Waals surface area contributed by atoms with Crippen molar-refractivity contribution in [1.29, 1.82) is 0 Å². The smallest absolute Gasteiger partial charge is 0.309 e. The summed E-state index contributed by atoms with van der Waals surface area (Å²) in [7, 11) is 0. The fourth-order valence-corrected chi connectivity index (χ4v) is 5.94. The number of hydrogen-bond acceptors (Lipinski definition) is 5. The van der Waals surface area contributed by atoms with E-state index in [4.69, 9.17) is 16.2 Å². The molecule has 0 aliphatic heterocycles. The Labute approximate surface area is 212 Å². The van der Waals surface area contributed by atoms with Crippen LogP contribution in [0.3, 0.4) is 0 Å². The van der Waals surface area contributed by atoms with E-state index < -0.39 is 11.8 Å². The number of thiophene rings is 1. The summed E-state index contributed by atoms with van der Waals surface area (Å²) in [5, 5.41) is 0. The summed E-state index contributed by atoms with van der Waals surface area (Å²) >= 11 is 1.42. The van der Waals surface area contributed by atoms with E-state index >= 15 is 0 Å². The maximum Gasteiger partial charge on any atom is 0.309 e. The van der Waals surface area contributed by atoms with E-state index in [1.54, 1.807) is 6.07 Å². The maximum absolute atomic E-state index is 12.8. The number of rotatable bonds is 13. The molecule has 1 fully saturated rings. The first-order valence-electron chi connectivity index (χ1n) is 12.7. The van der Waals surface area contributed by atoms with Gasteiger partial charge in [-0.15, -0.1) is 11.3 Å². The van der Waals surface area contributed by atoms with Gasteiger partial charge in [0.05, 0.1) is 17.9 Å². The summed E-state index contributed by atoms with van der Waals surface area (Å²) in [5.41, 5.74) is 13.5. The molecule has 0 saturated heterocycles. The van der Waals surface area contributed by atoms with Gasteiger partial charge < -0.3 is 16.2 Å². The quantitative estimate of drug-likeness (QED) is 0.388. The summed E-state index contributed by atoms with van der Waals surface area (Å²) in [6.07, 6.45) is 8.55. The van der Waals surface area contributed by atoms with Crippen LogP contribution in [0.4, 0.5) is 0 Å². The molecule has 0 unspecified atom stereocenters. The number of ether oxygens (including phenoxy) is 1. The Balaban J connectivity index is 1.53. The summed E-state index contributed by atoms with van der Waals surface area (Å²) in [6.45, 7) is 4.31. The second kappa shape index (κ2) is 12.9. The van der Waals surface area contributed by atoms with Crippen LogP contribution in [0, 0.1) is 11.8 Å². The van der Waals surface area contributed by atoms with Crippen LogP contribution in [0.15, 0.2) is 30.3 Å². The highest BCUT2D eigenvalue weighted by molar-refractivity contribution is 7.12. The molecule has 35 heavy (non-hydrogen) atoms. The highest BCUT2D eigenvalue weighted by Gasteiger charge is 2.26. The van der Waals surface area contributed by atoms with Gasteiger partial charge in [0.2, 0.25) is 11.8 Å². The van der Waals surface area contributed by atoms with Crippen LogP contribution in [-0.4, -0.2) is 23.9 Å². The molecule has 1 aliphatic carbocycles. The van der Waals surface area contributed by atoms with Crippen molar-refractivity contribution in [2.75, 3.05) is 0 Å². The lowest BCUT2D eigenvalue weighted by Gasteiger charge is -2.20. The van der Waals surface area contributed by atoms with E-state index in [2.05, 4.69) is 38.1 Å². The Morgan fingerprint density at radius 1 is 1.00 bits per heavy atom. The zero-order valence-corrected chi connectivity index (χ0v) is 21.7. The summed E-state index contributed by atoms with van der Waals surface area (Å²) in [6, 6.07) is 10.3. The van der Waals surface area contributed by atoms with E-state index in [0.29, 0.717) is 16.4 Å². The van der Waals surface area contributed by atoms with E-state index in [9.17, 15) is 14.4 Å². The number of primary amides is 2. The van der Waals surface area contributed by atoms with Crippen molar-refractivity contribution in [3.8, 4) is 0 Å². The molecule has 0 spiro atoms. The topological polar surface area (TPSA) is 112 Å². The summed E-state index contributed by atoms with van der Waals surface area (Å²) in [4.78, 5) is 37.4. The van der Waals surface area contributed by atoms with Gasteiger partial charge in [-0.1, -0.05) is 38.1 Å². The van der Waals surface area contributed by atoms with Crippen molar-refractivity contribution in [2.45, 2.75) is 84.2 Å². The van der Waals surface area contributed by atoms with Gasteiger partial charge >= 0.3 is 5.97 Å². The maximum atomic E-state index is 12.8. The monoisotopic (exact) mass is 498 g/mol. The molecule has 1 heterocycles. The van der Waals surface area contributed by atoms with E-state index in [0.717, 1.165) is 62.7 Å². The van der Waals surface area contributed by atoms with Crippen LogP contribution in [-0.2, 0) is 40.0 Å². The molecular formula is C28H38N2O4S. The molecule has 0 bridgehead atoms. The Morgan fingerprint density at radius 3 is 2.20 bits per heavy atom. The molecule has 6 nitrogen and oxygen atoms in total. The Morgan fingerprint density at radius 2 is 1.63 bits per heavy atom. The Kier molecular flexibility index (Phi) is 9.90. The molecule has 4 N–H and O–H groups in total. The summed E-state index contributed by atoms with van der Waals surface area (Å²) < 4.78 is 5.81. The Hall–Kier alpha value is -2.67. The number of hydrogen-bond donors (Lipinski definition) is 2. The van der Waals surface area contributed by atoms with Crippen molar-refractivity contribution in [3.63, 3.8) is 0 Å². The first kappa shape index (κ1) is 26.9. The van der Waals surface area contributed by atoms with Gasteiger partial charge in [-0.3, -0.25) is 14.4 Å². The zero-order chi connectivity index (χ0) is 25.4. The van der Waals surface area contributed by atoms with Gasteiger partial charge in [-0.05, 0) is 80.9 Å². The lowest BCUT2D eigenvalue weighted by molar-refractivity contribution is -0.154. The molecule has 3 rings (SSSR count). The van der Waals surface area contributed by atoms with Crippen molar-refractivity contribution in [2.24, 2.45) is 23.3 Å². The lowest BCUT2D eigenvalue weighted by atomic mass is 9.91. The number of amides is 2. The predicted octanol–water partition coefficient (Wildman–Crippen LogP) is 4.74. The van der Waals surface area contributed by atoms with Crippen LogP contribution < -0.4 is 11.5 Å². The second-order valence-corrected chi connectivity index (χ2v) is 11.3. The number of carbonyl (C=O) groups excluding carboxylic acids is 3. The number of aryl methyl sites for hydroxylation is 3. The number of carbonyl (C=O) groups is 3. The van der Waals surface area contributed by atoms with Gasteiger partial charge in [0.1, 0.15) is 6.10 Å². The average molecular weight is 499 g/mol. The highest BCUT2D eigenvalue weighted by atomic mass is 32.1. The number of nitrogens with two attached hydrogens (primary N) is 2. The zero-order valence-electron chi connectivity index (χ0n) is 20.9. The molecule has 1 aromatic heterocycles. The molecule has 1 aromatic carbocycles. The van der Waals surface area contributed by atoms with E-state index in [1.165, 1.54) is 22.5 Å². The van der Waals surface area contributed by atoms with Crippen LogP contribution in [0.2, 0.25) is 0 Å². The minimum atomic E-state index is -0.531. The first-order valence-corrected chi connectivity index (χ1v) is 13.5. The minimum absolute atomic E-state index is 0.0239. The molecule has 2 aromatic rings. The highest BCUT2D eigenvalue weighted by Crippen LogP contribution is 2.27. The van der Waals surface area contributed by atoms with Crippen LogP contribution >= 0.6 is 11.3 Å². The fourth-order valence-electron chi connectivity index (χ4n) is 4.75.